The Kier molecular flexibility index (Phi) is 3.56. The lowest BCUT2D eigenvalue weighted by atomic mass is 9.63. The largest absolute Gasteiger partial charge is 0.323 e. The van der Waals surface area contributed by atoms with Crippen LogP contribution in [0.4, 0.5) is 0 Å². The summed E-state index contributed by atoms with van der Waals surface area (Å²) in [4.78, 5) is 0. The summed E-state index contributed by atoms with van der Waals surface area (Å²) < 4.78 is 18.0. The van der Waals surface area contributed by atoms with E-state index in [1.165, 1.54) is 5.56 Å². The molecule has 0 spiro atoms. The normalized spacial score (nSPS) is 34.4. The average Bonchev–Trinajstić information content (AvgIpc) is 2.54. The fraction of sp³-hybridized carbons (Fsp3) is 0.611. The minimum atomic E-state index is -1.24. The number of nitriles is 1. The van der Waals surface area contributed by atoms with Gasteiger partial charge in [0.25, 0.3) is 0 Å². The maximum atomic E-state index is 9.60. The molecule has 0 aromatic heterocycles. The fourth-order valence-electron chi connectivity index (χ4n) is 3.17. The summed E-state index contributed by atoms with van der Waals surface area (Å²) in [5, 5.41) is 9.60. The second-order valence-corrected chi connectivity index (χ2v) is 7.22. The van der Waals surface area contributed by atoms with Crippen molar-refractivity contribution in [3.8, 4) is 6.07 Å². The van der Waals surface area contributed by atoms with Crippen LogP contribution >= 0.6 is 0 Å². The molecule has 3 fully saturated rings. The third-order valence-electron chi connectivity index (χ3n) is 5.14. The van der Waals surface area contributed by atoms with Gasteiger partial charge < -0.3 is 14.2 Å². The van der Waals surface area contributed by atoms with Crippen molar-refractivity contribution in [2.75, 3.05) is 13.2 Å². The molecular weight excluding hydrogens is 278 g/mol. The fourth-order valence-corrected chi connectivity index (χ4v) is 3.17. The van der Waals surface area contributed by atoms with Crippen LogP contribution in [0.1, 0.15) is 38.8 Å². The van der Waals surface area contributed by atoms with Gasteiger partial charge in [-0.25, -0.2) is 0 Å². The molecule has 0 amide bonds. The summed E-state index contributed by atoms with van der Waals surface area (Å²) in [6, 6.07) is 10.3. The zero-order valence-electron chi connectivity index (χ0n) is 13.7. The molecule has 1 unspecified atom stereocenters. The summed E-state index contributed by atoms with van der Waals surface area (Å²) in [6.07, 6.45) is 0.435. The molecule has 3 saturated heterocycles. The van der Waals surface area contributed by atoms with Crippen LogP contribution in [0, 0.1) is 22.2 Å². The van der Waals surface area contributed by atoms with Gasteiger partial charge in [-0.05, 0) is 17.4 Å². The van der Waals surface area contributed by atoms with E-state index in [9.17, 15) is 5.26 Å². The van der Waals surface area contributed by atoms with Crippen LogP contribution in [0.3, 0.4) is 0 Å². The first-order valence-electron chi connectivity index (χ1n) is 7.82. The Morgan fingerprint density at radius 3 is 2.23 bits per heavy atom. The van der Waals surface area contributed by atoms with Crippen molar-refractivity contribution < 1.29 is 14.2 Å². The number of hydrogen-bond donors (Lipinski definition) is 0. The van der Waals surface area contributed by atoms with Crippen LogP contribution in [0.5, 0.6) is 0 Å². The maximum Gasteiger partial charge on any atom is 0.313 e. The topological polar surface area (TPSA) is 51.5 Å². The molecule has 1 atom stereocenters. The Balaban J connectivity index is 1.95. The monoisotopic (exact) mass is 301 g/mol. The highest BCUT2D eigenvalue weighted by atomic mass is 16.9. The van der Waals surface area contributed by atoms with Gasteiger partial charge in [0.15, 0.2) is 6.10 Å². The van der Waals surface area contributed by atoms with Crippen LogP contribution < -0.4 is 0 Å². The standard InChI is InChI=1S/C18H23NO3/c1-5-13-6-8-14(9-7-13)18-20-11-17(12-21-18,16(2,3)4)15(10-19)22-18/h6-9,15H,5,11-12H2,1-4H3. The van der Waals surface area contributed by atoms with Gasteiger partial charge in [-0.2, -0.15) is 5.26 Å². The molecule has 4 nitrogen and oxygen atoms in total. The van der Waals surface area contributed by atoms with Gasteiger partial charge in [-0.15, -0.1) is 0 Å². The lowest BCUT2D eigenvalue weighted by Gasteiger charge is -2.58. The highest BCUT2D eigenvalue weighted by molar-refractivity contribution is 5.26. The molecular formula is C18H23NO3. The van der Waals surface area contributed by atoms with Crippen molar-refractivity contribution in [2.45, 2.75) is 46.2 Å². The molecule has 118 valence electrons. The Morgan fingerprint density at radius 1 is 1.18 bits per heavy atom. The number of rotatable bonds is 2. The van der Waals surface area contributed by atoms with Gasteiger partial charge in [0, 0.05) is 5.56 Å². The SMILES string of the molecule is CCc1ccc(C23OCC(C(C)(C)C)(CO2)C(C#N)O3)cc1. The molecule has 2 bridgehead atoms. The highest BCUT2D eigenvalue weighted by Gasteiger charge is 2.63. The molecule has 3 aliphatic rings. The minimum Gasteiger partial charge on any atom is -0.323 e. The van der Waals surface area contributed by atoms with Crippen molar-refractivity contribution >= 4 is 0 Å². The van der Waals surface area contributed by atoms with Crippen molar-refractivity contribution in [3.63, 3.8) is 0 Å². The number of ether oxygens (including phenoxy) is 3. The number of hydrogen-bond acceptors (Lipinski definition) is 4. The van der Waals surface area contributed by atoms with Crippen molar-refractivity contribution in [1.82, 2.24) is 0 Å². The number of aryl methyl sites for hydroxylation is 1. The van der Waals surface area contributed by atoms with Crippen LogP contribution in [0.15, 0.2) is 24.3 Å². The smallest absolute Gasteiger partial charge is 0.313 e. The van der Waals surface area contributed by atoms with Crippen molar-refractivity contribution in [3.05, 3.63) is 35.4 Å². The predicted molar refractivity (Wildman–Crippen MR) is 81.8 cm³/mol. The summed E-state index contributed by atoms with van der Waals surface area (Å²) in [5.41, 5.74) is 1.47. The van der Waals surface area contributed by atoms with E-state index in [2.05, 4.69) is 33.8 Å². The summed E-state index contributed by atoms with van der Waals surface area (Å²) in [5.74, 6) is -1.24. The molecule has 1 aromatic carbocycles. The predicted octanol–water partition coefficient (Wildman–Crippen LogP) is 3.36. The zero-order valence-corrected chi connectivity index (χ0v) is 13.7. The number of benzene rings is 1. The molecule has 0 aliphatic carbocycles. The van der Waals surface area contributed by atoms with Crippen LogP contribution in [0.2, 0.25) is 0 Å². The van der Waals surface area contributed by atoms with Gasteiger partial charge in [0.2, 0.25) is 0 Å². The molecule has 22 heavy (non-hydrogen) atoms. The summed E-state index contributed by atoms with van der Waals surface area (Å²) in [7, 11) is 0. The van der Waals surface area contributed by atoms with Gasteiger partial charge in [-0.1, -0.05) is 52.0 Å². The Hall–Kier alpha value is -1.41. The van der Waals surface area contributed by atoms with E-state index in [0.29, 0.717) is 13.2 Å². The van der Waals surface area contributed by atoms with E-state index in [4.69, 9.17) is 14.2 Å². The highest BCUT2D eigenvalue weighted by Crippen LogP contribution is 2.55. The molecule has 3 heterocycles. The molecule has 1 aromatic rings. The van der Waals surface area contributed by atoms with Gasteiger partial charge in [-0.3, -0.25) is 0 Å². The van der Waals surface area contributed by atoms with E-state index in [1.54, 1.807) is 0 Å². The first-order valence-corrected chi connectivity index (χ1v) is 7.82. The average molecular weight is 301 g/mol. The van der Waals surface area contributed by atoms with Crippen molar-refractivity contribution in [2.24, 2.45) is 10.8 Å². The second-order valence-electron chi connectivity index (χ2n) is 7.22. The Morgan fingerprint density at radius 2 is 1.77 bits per heavy atom. The van der Waals surface area contributed by atoms with E-state index < -0.39 is 17.5 Å². The zero-order chi connectivity index (χ0) is 16.0. The Labute approximate surface area is 132 Å². The molecule has 4 heteroatoms. The molecule has 0 radical (unpaired) electrons. The van der Waals surface area contributed by atoms with Crippen LogP contribution in [-0.4, -0.2) is 19.3 Å². The van der Waals surface area contributed by atoms with Gasteiger partial charge in [0.1, 0.15) is 0 Å². The first-order chi connectivity index (χ1) is 10.4. The molecule has 4 rings (SSSR count). The quantitative estimate of drug-likeness (QED) is 0.840. The lowest BCUT2D eigenvalue weighted by molar-refractivity contribution is -0.502. The number of nitrogens with zero attached hydrogens (tertiary/aromatic N) is 1. The Bertz CT molecular complexity index is 586. The van der Waals surface area contributed by atoms with E-state index in [-0.39, 0.29) is 5.41 Å². The van der Waals surface area contributed by atoms with E-state index >= 15 is 0 Å². The molecule has 0 saturated carbocycles. The summed E-state index contributed by atoms with van der Waals surface area (Å²) in [6.45, 7) is 9.33. The van der Waals surface area contributed by atoms with E-state index in [0.717, 1.165) is 12.0 Å². The number of fused-ring (bicyclic) bond motifs is 3. The third kappa shape index (κ3) is 2.08. The molecule has 0 N–H and O–H groups in total. The lowest BCUT2D eigenvalue weighted by Crippen LogP contribution is -2.66. The van der Waals surface area contributed by atoms with Crippen LogP contribution in [-0.2, 0) is 26.6 Å². The van der Waals surface area contributed by atoms with Crippen molar-refractivity contribution in [1.29, 1.82) is 5.26 Å². The van der Waals surface area contributed by atoms with Gasteiger partial charge >= 0.3 is 5.97 Å². The first kappa shape index (κ1) is 15.5. The van der Waals surface area contributed by atoms with Crippen LogP contribution in [0.25, 0.3) is 0 Å². The minimum absolute atomic E-state index is 0.147. The van der Waals surface area contributed by atoms with Gasteiger partial charge in [0.05, 0.1) is 24.7 Å². The molecule has 3 aliphatic heterocycles. The second kappa shape index (κ2) is 5.06. The summed E-state index contributed by atoms with van der Waals surface area (Å²) >= 11 is 0. The maximum absolute atomic E-state index is 9.60. The third-order valence-corrected chi connectivity index (χ3v) is 5.14. The van der Waals surface area contributed by atoms with E-state index in [1.807, 2.05) is 24.3 Å².